The lowest BCUT2D eigenvalue weighted by molar-refractivity contribution is -0.384. The molecule has 3 aliphatic rings. The van der Waals surface area contributed by atoms with E-state index in [0.717, 1.165) is 31.4 Å². The van der Waals surface area contributed by atoms with Gasteiger partial charge in [0.2, 0.25) is 5.91 Å². The molecule has 2 saturated heterocycles. The number of hydrogen-bond donors (Lipinski definition) is 1. The van der Waals surface area contributed by atoms with Gasteiger partial charge < -0.3 is 9.80 Å². The highest BCUT2D eigenvalue weighted by Crippen LogP contribution is 2.33. The van der Waals surface area contributed by atoms with Crippen molar-refractivity contribution >= 4 is 41.2 Å². The predicted molar refractivity (Wildman–Crippen MR) is 144 cm³/mol. The molecule has 0 radical (unpaired) electrons. The molecule has 206 valence electrons. The lowest BCUT2D eigenvalue weighted by atomic mass is 10.0. The monoisotopic (exact) mass is 536 g/mol. The molecular formula is C26H32N8O5. The van der Waals surface area contributed by atoms with Crippen LogP contribution in [-0.4, -0.2) is 89.2 Å². The molecule has 0 atom stereocenters. The van der Waals surface area contributed by atoms with Crippen molar-refractivity contribution in [2.24, 2.45) is 0 Å². The lowest BCUT2D eigenvalue weighted by Crippen LogP contribution is -2.48. The Labute approximate surface area is 225 Å². The number of aryl methyl sites for hydroxylation is 1. The third-order valence-electron chi connectivity index (χ3n) is 7.49. The average molecular weight is 537 g/mol. The summed E-state index contributed by atoms with van der Waals surface area (Å²) in [7, 11) is 1.90. The molecule has 2 aromatic heterocycles. The number of hydrogen-bond acceptors (Lipinski definition) is 9. The summed E-state index contributed by atoms with van der Waals surface area (Å²) in [4.78, 5) is 64.7. The quantitative estimate of drug-likeness (QED) is 0.334. The molecule has 1 N–H and O–H groups in total. The Morgan fingerprint density at radius 3 is 2.64 bits per heavy atom. The van der Waals surface area contributed by atoms with Gasteiger partial charge >= 0.3 is 11.7 Å². The number of piperazine rings is 1. The lowest BCUT2D eigenvalue weighted by Gasteiger charge is -2.33. The number of nitrogens with one attached hydrogen (secondary N) is 1. The number of nitrogens with zero attached hydrogens (tertiary/aromatic N) is 7. The third-order valence-corrected chi connectivity index (χ3v) is 7.49. The van der Waals surface area contributed by atoms with Crippen LogP contribution in [-0.2, 0) is 17.8 Å². The zero-order chi connectivity index (χ0) is 27.5. The van der Waals surface area contributed by atoms with Crippen molar-refractivity contribution < 1.29 is 19.3 Å². The maximum atomic E-state index is 13.4. The second-order valence-corrected chi connectivity index (χ2v) is 10.2. The normalized spacial score (nSPS) is 18.1. The molecule has 0 unspecified atom stereocenters. The number of carbonyl (C=O) groups is 3. The van der Waals surface area contributed by atoms with Gasteiger partial charge in [0.15, 0.2) is 6.29 Å². The van der Waals surface area contributed by atoms with Crippen molar-refractivity contribution in [2.45, 2.75) is 38.6 Å². The topological polar surface area (TPSA) is 145 Å². The van der Waals surface area contributed by atoms with Gasteiger partial charge in [-0.05, 0) is 50.8 Å². The van der Waals surface area contributed by atoms with Gasteiger partial charge in [-0.15, -0.1) is 0 Å². The largest absolute Gasteiger partial charge is 0.366 e. The number of piperidine rings is 1. The molecule has 13 heteroatoms. The number of likely N-dealkylation sites (N-methyl/N-ethyl adjacent to an activating group) is 1. The summed E-state index contributed by atoms with van der Waals surface area (Å²) in [6.45, 7) is 3.76. The Morgan fingerprint density at radius 1 is 1.13 bits per heavy atom. The molecule has 5 heterocycles. The zero-order valence-corrected chi connectivity index (χ0v) is 22.0. The second-order valence-electron chi connectivity index (χ2n) is 10.2. The van der Waals surface area contributed by atoms with E-state index in [1.165, 1.54) is 11.1 Å². The molecule has 0 aliphatic carbocycles. The summed E-state index contributed by atoms with van der Waals surface area (Å²) in [5, 5.41) is 14.4. The molecule has 0 bridgehead atoms. The van der Waals surface area contributed by atoms with Crippen LogP contribution in [0.5, 0.6) is 0 Å². The van der Waals surface area contributed by atoms with Gasteiger partial charge in [0.05, 0.1) is 11.5 Å². The van der Waals surface area contributed by atoms with Crippen LogP contribution in [0.15, 0.2) is 18.3 Å². The van der Waals surface area contributed by atoms with Crippen LogP contribution in [0.3, 0.4) is 0 Å². The minimum Gasteiger partial charge on any atom is -0.366 e. The van der Waals surface area contributed by atoms with Gasteiger partial charge in [0, 0.05) is 50.9 Å². The van der Waals surface area contributed by atoms with E-state index in [2.05, 4.69) is 15.3 Å². The maximum absolute atomic E-state index is 13.4. The molecule has 13 nitrogen and oxygen atoms in total. The minimum atomic E-state index is -0.478. The van der Waals surface area contributed by atoms with Crippen LogP contribution >= 0.6 is 0 Å². The second kappa shape index (κ2) is 11.3. The highest BCUT2D eigenvalue weighted by molar-refractivity contribution is 6.02. The van der Waals surface area contributed by atoms with Crippen LogP contribution in [0.4, 0.5) is 27.8 Å². The molecule has 0 aromatic carbocycles. The van der Waals surface area contributed by atoms with Gasteiger partial charge in [0.25, 0.3) is 0 Å². The van der Waals surface area contributed by atoms with Crippen LogP contribution < -0.4 is 15.1 Å². The fourth-order valence-corrected chi connectivity index (χ4v) is 5.39. The molecule has 3 aliphatic heterocycles. The average Bonchev–Trinajstić information content (AvgIpc) is 2.94. The first-order chi connectivity index (χ1) is 18.8. The molecule has 39 heavy (non-hydrogen) atoms. The van der Waals surface area contributed by atoms with Crippen molar-refractivity contribution in [1.82, 2.24) is 19.8 Å². The highest BCUT2D eigenvalue weighted by Gasteiger charge is 2.29. The van der Waals surface area contributed by atoms with E-state index in [4.69, 9.17) is 0 Å². The SMILES string of the molecule is CN1CCN(Cc2cc3c(nc2C=O)N(C(=O)Nc2cc(N4CCCCC4)c([N+](=O)[O-])cn2)CCC3)C(=O)C1. The Morgan fingerprint density at radius 2 is 1.92 bits per heavy atom. The first kappa shape index (κ1) is 26.5. The van der Waals surface area contributed by atoms with Crippen LogP contribution in [0.2, 0.25) is 0 Å². The van der Waals surface area contributed by atoms with Gasteiger partial charge in [-0.1, -0.05) is 0 Å². The number of amides is 3. The number of nitro groups is 1. The Balaban J connectivity index is 1.37. The number of fused-ring (bicyclic) bond motifs is 1. The standard InChI is InChI=1S/C26H32N8O5/c1-30-10-11-32(24(36)16-30)15-19-12-18-6-5-9-33(25(18)28-20(19)17-35)26(37)29-23-13-21(22(14-27-23)34(38)39)31-7-3-2-4-8-31/h12-14,17H,2-11,15-16H2,1H3,(H,27,29,37). The van der Waals surface area contributed by atoms with E-state index in [1.807, 2.05) is 22.9 Å². The van der Waals surface area contributed by atoms with Gasteiger partial charge in [-0.25, -0.2) is 14.8 Å². The molecule has 3 amide bonds. The first-order valence-electron chi connectivity index (χ1n) is 13.3. The van der Waals surface area contributed by atoms with Crippen molar-refractivity contribution in [3.63, 3.8) is 0 Å². The number of aldehydes is 1. The molecule has 0 saturated carbocycles. The van der Waals surface area contributed by atoms with Crippen LogP contribution in [0, 0.1) is 10.1 Å². The van der Waals surface area contributed by atoms with Crippen molar-refractivity contribution in [3.05, 3.63) is 45.3 Å². The summed E-state index contributed by atoms with van der Waals surface area (Å²) in [5.74, 6) is 0.602. The number of urea groups is 1. The van der Waals surface area contributed by atoms with Crippen LogP contribution in [0.1, 0.15) is 47.3 Å². The number of anilines is 3. The van der Waals surface area contributed by atoms with Gasteiger partial charge in [0.1, 0.15) is 29.2 Å². The van der Waals surface area contributed by atoms with Crippen molar-refractivity contribution in [1.29, 1.82) is 0 Å². The molecule has 2 fully saturated rings. The minimum absolute atomic E-state index is 0.00107. The Bertz CT molecular complexity index is 1300. The van der Waals surface area contributed by atoms with Gasteiger partial charge in [-0.2, -0.15) is 0 Å². The molecular weight excluding hydrogens is 504 g/mol. The summed E-state index contributed by atoms with van der Waals surface area (Å²) in [6.07, 6.45) is 6.19. The smallest absolute Gasteiger partial charge is 0.328 e. The van der Waals surface area contributed by atoms with Crippen LogP contribution in [0.25, 0.3) is 0 Å². The van der Waals surface area contributed by atoms with Crippen molar-refractivity contribution in [2.75, 3.05) is 61.4 Å². The zero-order valence-electron chi connectivity index (χ0n) is 22.0. The number of carbonyl (C=O) groups excluding carboxylic acids is 3. The summed E-state index contributed by atoms with van der Waals surface area (Å²) >= 11 is 0. The van der Waals surface area contributed by atoms with E-state index in [1.54, 1.807) is 11.0 Å². The molecule has 5 rings (SSSR count). The van der Waals surface area contributed by atoms with Gasteiger partial charge in [-0.3, -0.25) is 34.8 Å². The molecule has 2 aromatic rings. The summed E-state index contributed by atoms with van der Waals surface area (Å²) < 4.78 is 0. The number of rotatable bonds is 6. The summed E-state index contributed by atoms with van der Waals surface area (Å²) in [6, 6.07) is 2.94. The highest BCUT2D eigenvalue weighted by atomic mass is 16.6. The van der Waals surface area contributed by atoms with E-state index < -0.39 is 11.0 Å². The Hall–Kier alpha value is -4.13. The molecule has 0 spiro atoms. The Kier molecular flexibility index (Phi) is 7.68. The fourth-order valence-electron chi connectivity index (χ4n) is 5.39. The number of pyridine rings is 2. The van der Waals surface area contributed by atoms with E-state index in [9.17, 15) is 24.5 Å². The summed E-state index contributed by atoms with van der Waals surface area (Å²) in [5.41, 5.74) is 2.02. The van der Waals surface area contributed by atoms with E-state index in [-0.39, 0.29) is 23.1 Å². The predicted octanol–water partition coefficient (Wildman–Crippen LogP) is 2.45. The van der Waals surface area contributed by atoms with Crippen molar-refractivity contribution in [3.8, 4) is 0 Å². The fraction of sp³-hybridized carbons (Fsp3) is 0.500. The van der Waals surface area contributed by atoms with E-state index >= 15 is 0 Å². The third kappa shape index (κ3) is 5.67. The first-order valence-corrected chi connectivity index (χ1v) is 13.3. The van der Waals surface area contributed by atoms with E-state index in [0.29, 0.717) is 75.5 Å². The maximum Gasteiger partial charge on any atom is 0.328 e. The number of aromatic nitrogens is 2.